The van der Waals surface area contributed by atoms with E-state index in [2.05, 4.69) is 20.3 Å². The highest BCUT2D eigenvalue weighted by atomic mass is 31.2. The molecule has 0 aromatic carbocycles. The summed E-state index contributed by atoms with van der Waals surface area (Å²) in [5.74, 6) is 0. The van der Waals surface area contributed by atoms with E-state index in [1.165, 1.54) is 89.8 Å². The molecule has 0 radical (unpaired) electrons. The number of aliphatic hydroxyl groups excluding tert-OH is 2. The lowest BCUT2D eigenvalue weighted by Crippen LogP contribution is -2.29. The van der Waals surface area contributed by atoms with Gasteiger partial charge in [0.1, 0.15) is 5.52 Å². The zero-order valence-corrected chi connectivity index (χ0v) is 26.8. The highest BCUT2D eigenvalue weighted by Gasteiger charge is 2.28. The predicted molar refractivity (Wildman–Crippen MR) is 170 cm³/mol. The van der Waals surface area contributed by atoms with Crippen molar-refractivity contribution in [3.8, 4) is 0 Å². The molecule has 0 fully saturated rings. The summed E-state index contributed by atoms with van der Waals surface area (Å²) in [5, 5.41) is 22.4. The molecule has 0 saturated carbocycles. The summed E-state index contributed by atoms with van der Waals surface area (Å²) in [4.78, 5) is 21.5. The lowest BCUT2D eigenvalue weighted by molar-refractivity contribution is 0.162. The molecule has 2 heterocycles. The Kier molecular flexibility index (Phi) is 20.0. The minimum absolute atomic E-state index is 0.0644. The second-order valence-corrected chi connectivity index (χ2v) is 13.4. The van der Waals surface area contributed by atoms with Crippen molar-refractivity contribution < 1.29 is 23.8 Å². The molecule has 0 aliphatic heterocycles. The summed E-state index contributed by atoms with van der Waals surface area (Å²) in [5.41, 5.74) is 1.59. The van der Waals surface area contributed by atoms with Crippen molar-refractivity contribution in [2.45, 2.75) is 129 Å². The van der Waals surface area contributed by atoms with Crippen molar-refractivity contribution >= 4 is 18.6 Å². The van der Waals surface area contributed by atoms with E-state index in [1.807, 2.05) is 0 Å². The van der Waals surface area contributed by atoms with Gasteiger partial charge in [0.05, 0.1) is 37.3 Å². The third-order valence-corrected chi connectivity index (χ3v) is 9.69. The van der Waals surface area contributed by atoms with Crippen molar-refractivity contribution in [1.29, 1.82) is 0 Å². The Labute approximate surface area is 252 Å². The Morgan fingerprint density at radius 2 is 1.40 bits per heavy atom. The van der Waals surface area contributed by atoms with Crippen molar-refractivity contribution in [2.24, 2.45) is 0 Å². The molecule has 0 saturated heterocycles. The molecular weight excluding hydrogens is 555 g/mol. The summed E-state index contributed by atoms with van der Waals surface area (Å²) < 4.78 is 24.2. The van der Waals surface area contributed by atoms with E-state index in [1.54, 1.807) is 13.1 Å². The Morgan fingerprint density at radius 1 is 0.857 bits per heavy atom. The first-order valence-corrected chi connectivity index (χ1v) is 18.1. The normalized spacial score (nSPS) is 14.0. The molecule has 5 N–H and O–H groups in total. The molecular formula is C31H57N4O6P. The first kappa shape index (κ1) is 36.6. The van der Waals surface area contributed by atoms with E-state index in [4.69, 9.17) is 14.2 Å². The van der Waals surface area contributed by atoms with E-state index in [-0.39, 0.29) is 24.9 Å². The maximum absolute atomic E-state index is 13.1. The van der Waals surface area contributed by atoms with E-state index in [0.29, 0.717) is 30.8 Å². The van der Waals surface area contributed by atoms with Gasteiger partial charge >= 0.3 is 7.60 Å². The van der Waals surface area contributed by atoms with Gasteiger partial charge in [-0.15, -0.1) is 0 Å². The molecule has 42 heavy (non-hydrogen) atoms. The van der Waals surface area contributed by atoms with Gasteiger partial charge in [-0.25, -0.2) is 4.98 Å². The fourth-order valence-electron chi connectivity index (χ4n) is 5.24. The number of aromatic nitrogens is 3. The highest BCUT2D eigenvalue weighted by Crippen LogP contribution is 2.48. The average molecular weight is 613 g/mol. The van der Waals surface area contributed by atoms with Crippen LogP contribution in [-0.2, 0) is 20.2 Å². The van der Waals surface area contributed by atoms with E-state index in [0.717, 1.165) is 31.2 Å². The topological polar surface area (TPSA) is 150 Å². The standard InChI is InChI=1S/C31H57N4O6P/c1-2-40-42(39,25-28(37)24-32-22-27-23-33-30-29(27)34-26-35-31(30)38)41-21-19-17-15-13-11-9-7-5-3-4-6-8-10-12-14-16-18-20-36/h23,26,28,32-33,36-37H,2-22,24-25H2,1H3,(H,34,35,38)/t28-,42?/m0/s1. The van der Waals surface area contributed by atoms with Gasteiger partial charge in [0.15, 0.2) is 0 Å². The summed E-state index contributed by atoms with van der Waals surface area (Å²) in [6.07, 6.45) is 23.1. The minimum Gasteiger partial charge on any atom is -0.396 e. The largest absolute Gasteiger partial charge is 0.396 e. The first-order valence-electron chi connectivity index (χ1n) is 16.4. The van der Waals surface area contributed by atoms with E-state index < -0.39 is 13.7 Å². The lowest BCUT2D eigenvalue weighted by Gasteiger charge is -2.21. The molecule has 1 unspecified atom stereocenters. The van der Waals surface area contributed by atoms with Crippen molar-refractivity contribution in [3.63, 3.8) is 0 Å². The molecule has 10 nitrogen and oxygen atoms in total. The SMILES string of the molecule is CCOP(=O)(C[C@@H](O)CNCc1c[nH]c2c(=O)[nH]cnc12)OCCCCCCCCCCCCCCCCCCCO. The number of unbranched alkanes of at least 4 members (excludes halogenated alkanes) is 16. The van der Waals surface area contributed by atoms with Crippen LogP contribution in [0.3, 0.4) is 0 Å². The molecule has 2 aromatic rings. The number of rotatable bonds is 28. The maximum Gasteiger partial charge on any atom is 0.333 e. The number of fused-ring (bicyclic) bond motifs is 1. The first-order chi connectivity index (χ1) is 20.5. The van der Waals surface area contributed by atoms with Crippen LogP contribution in [0.2, 0.25) is 0 Å². The highest BCUT2D eigenvalue weighted by molar-refractivity contribution is 7.53. The van der Waals surface area contributed by atoms with Crippen molar-refractivity contribution in [3.05, 3.63) is 28.4 Å². The average Bonchev–Trinajstić information content (AvgIpc) is 3.38. The van der Waals surface area contributed by atoms with Crippen LogP contribution in [0, 0.1) is 0 Å². The van der Waals surface area contributed by atoms with Crippen LogP contribution in [0.15, 0.2) is 17.3 Å². The lowest BCUT2D eigenvalue weighted by atomic mass is 10.0. The van der Waals surface area contributed by atoms with Crippen LogP contribution in [0.1, 0.15) is 122 Å². The van der Waals surface area contributed by atoms with Crippen LogP contribution in [0.4, 0.5) is 0 Å². The molecule has 242 valence electrons. The molecule has 0 amide bonds. The molecule has 0 aliphatic rings. The van der Waals surface area contributed by atoms with Crippen LogP contribution in [-0.4, -0.2) is 63.8 Å². The van der Waals surface area contributed by atoms with Gasteiger partial charge in [-0.3, -0.25) is 9.36 Å². The molecule has 11 heteroatoms. The van der Waals surface area contributed by atoms with E-state index >= 15 is 0 Å². The smallest absolute Gasteiger partial charge is 0.333 e. The van der Waals surface area contributed by atoms with Crippen molar-refractivity contribution in [2.75, 3.05) is 32.5 Å². The molecule has 2 aromatic heterocycles. The molecule has 0 aliphatic carbocycles. The fraction of sp³-hybridized carbons (Fsp3) is 0.806. The van der Waals surface area contributed by atoms with Crippen LogP contribution in [0.5, 0.6) is 0 Å². The van der Waals surface area contributed by atoms with Crippen LogP contribution in [0.25, 0.3) is 11.0 Å². The number of nitrogens with zero attached hydrogens (tertiary/aromatic N) is 1. The maximum atomic E-state index is 13.1. The fourth-order valence-corrected chi connectivity index (χ4v) is 6.98. The Bertz CT molecular complexity index is 1050. The third-order valence-electron chi connectivity index (χ3n) is 7.59. The number of hydrogen-bond donors (Lipinski definition) is 5. The summed E-state index contributed by atoms with van der Waals surface area (Å²) in [6.45, 7) is 3.36. The minimum atomic E-state index is -3.38. The number of nitrogens with one attached hydrogen (secondary N) is 3. The van der Waals surface area contributed by atoms with Gasteiger partial charge in [0.2, 0.25) is 0 Å². The molecule has 2 atom stereocenters. The number of H-pyrrole nitrogens is 2. The summed E-state index contributed by atoms with van der Waals surface area (Å²) >= 11 is 0. The summed E-state index contributed by atoms with van der Waals surface area (Å²) in [6, 6.07) is 0. The van der Waals surface area contributed by atoms with Gasteiger partial charge in [-0.1, -0.05) is 96.3 Å². The van der Waals surface area contributed by atoms with Gasteiger partial charge in [-0.05, 0) is 19.8 Å². The van der Waals surface area contributed by atoms with Crippen LogP contribution >= 0.6 is 7.60 Å². The summed E-state index contributed by atoms with van der Waals surface area (Å²) in [7, 11) is -3.38. The Hall–Kier alpha value is -1.55. The number of hydrogen-bond acceptors (Lipinski definition) is 8. The Morgan fingerprint density at radius 3 is 1.95 bits per heavy atom. The second-order valence-electron chi connectivity index (χ2n) is 11.3. The van der Waals surface area contributed by atoms with Gasteiger partial charge in [0, 0.05) is 31.5 Å². The van der Waals surface area contributed by atoms with Gasteiger partial charge in [-0.2, -0.15) is 0 Å². The predicted octanol–water partition coefficient (Wildman–Crippen LogP) is 6.57. The van der Waals surface area contributed by atoms with Gasteiger partial charge < -0.3 is 34.5 Å². The molecule has 2 rings (SSSR count). The quantitative estimate of drug-likeness (QED) is 0.0535. The second kappa shape index (κ2) is 22.9. The number of aliphatic hydroxyl groups is 2. The zero-order valence-electron chi connectivity index (χ0n) is 25.9. The Balaban J connectivity index is 1.45. The van der Waals surface area contributed by atoms with Crippen LogP contribution < -0.4 is 10.9 Å². The zero-order chi connectivity index (χ0) is 30.3. The molecule has 0 spiro atoms. The van der Waals surface area contributed by atoms with E-state index in [9.17, 15) is 14.5 Å². The number of aromatic amines is 2. The van der Waals surface area contributed by atoms with Gasteiger partial charge in [0.25, 0.3) is 5.56 Å². The van der Waals surface area contributed by atoms with Crippen molar-refractivity contribution in [1.82, 2.24) is 20.3 Å². The third kappa shape index (κ3) is 15.8. The monoisotopic (exact) mass is 612 g/mol. The molecule has 0 bridgehead atoms.